The lowest BCUT2D eigenvalue weighted by Gasteiger charge is -2.34. The van der Waals surface area contributed by atoms with Gasteiger partial charge in [0.2, 0.25) is 17.7 Å². The van der Waals surface area contributed by atoms with Gasteiger partial charge in [-0.15, -0.1) is 0 Å². The molecule has 12 heteroatoms. The third-order valence-corrected chi connectivity index (χ3v) is 9.86. The predicted molar refractivity (Wildman–Crippen MR) is 147 cm³/mol. The van der Waals surface area contributed by atoms with E-state index >= 15 is 0 Å². The number of carbonyl (C=O) groups is 4. The number of nitrogens with zero attached hydrogens (tertiary/aromatic N) is 2. The van der Waals surface area contributed by atoms with Crippen molar-refractivity contribution in [1.82, 2.24) is 20.4 Å². The molecule has 0 aliphatic carbocycles. The normalized spacial score (nSPS) is 25.2. The summed E-state index contributed by atoms with van der Waals surface area (Å²) in [6, 6.07) is 3.09. The molecule has 10 nitrogen and oxygen atoms in total. The van der Waals surface area contributed by atoms with Gasteiger partial charge < -0.3 is 20.4 Å². The summed E-state index contributed by atoms with van der Waals surface area (Å²) in [5.41, 5.74) is 0.671. The van der Waals surface area contributed by atoms with Crippen LogP contribution in [0.4, 0.5) is 4.39 Å². The maximum absolute atomic E-state index is 14.7. The van der Waals surface area contributed by atoms with Crippen molar-refractivity contribution in [2.75, 3.05) is 37.7 Å². The Morgan fingerprint density at radius 1 is 1.07 bits per heavy atom. The molecule has 0 unspecified atom stereocenters. The SMILES string of the molecule is CC(C)[C@@H]1CN(C(=O)C2CCS(=O)(=O)CC2)CC(=O)NCCCc2ccc(F)c(c2)C(=O)N2CCC[C@H]2C(=O)N1. The molecule has 0 spiro atoms. The molecule has 40 heavy (non-hydrogen) atoms. The summed E-state index contributed by atoms with van der Waals surface area (Å²) in [4.78, 5) is 56.2. The maximum atomic E-state index is 14.7. The van der Waals surface area contributed by atoms with Gasteiger partial charge in [0.05, 0.1) is 23.6 Å². The number of rotatable bonds is 2. The van der Waals surface area contributed by atoms with Gasteiger partial charge in [0, 0.05) is 31.6 Å². The monoisotopic (exact) mass is 578 g/mol. The zero-order valence-corrected chi connectivity index (χ0v) is 24.0. The predicted octanol–water partition coefficient (Wildman–Crippen LogP) is 1.29. The van der Waals surface area contributed by atoms with Crippen molar-refractivity contribution in [3.63, 3.8) is 0 Å². The summed E-state index contributed by atoms with van der Waals surface area (Å²) in [5.74, 6) is -2.98. The van der Waals surface area contributed by atoms with Gasteiger partial charge in [0.15, 0.2) is 0 Å². The summed E-state index contributed by atoms with van der Waals surface area (Å²) in [6.45, 7) is 4.29. The fourth-order valence-corrected chi connectivity index (χ4v) is 7.14. The number of aryl methyl sites for hydroxylation is 1. The van der Waals surface area contributed by atoms with Crippen LogP contribution in [0, 0.1) is 17.7 Å². The minimum Gasteiger partial charge on any atom is -0.355 e. The molecule has 3 aliphatic heterocycles. The minimum atomic E-state index is -3.17. The number of sulfone groups is 1. The molecule has 4 rings (SSSR count). The topological polar surface area (TPSA) is 133 Å². The zero-order chi connectivity index (χ0) is 29.0. The van der Waals surface area contributed by atoms with Crippen LogP contribution in [0.2, 0.25) is 0 Å². The first kappa shape index (κ1) is 30.0. The van der Waals surface area contributed by atoms with Crippen LogP contribution in [0.15, 0.2) is 18.2 Å². The molecule has 2 atom stereocenters. The van der Waals surface area contributed by atoms with E-state index in [0.717, 1.165) is 5.56 Å². The Morgan fingerprint density at radius 3 is 2.50 bits per heavy atom. The van der Waals surface area contributed by atoms with Crippen LogP contribution in [0.1, 0.15) is 61.9 Å². The summed E-state index contributed by atoms with van der Waals surface area (Å²) in [5, 5.41) is 5.82. The molecular weight excluding hydrogens is 539 g/mol. The van der Waals surface area contributed by atoms with Crippen molar-refractivity contribution < 1.29 is 32.0 Å². The average Bonchev–Trinajstić information content (AvgIpc) is 3.40. The molecule has 2 fully saturated rings. The molecule has 220 valence electrons. The van der Waals surface area contributed by atoms with Crippen molar-refractivity contribution in [2.24, 2.45) is 11.8 Å². The number of halogens is 1. The van der Waals surface area contributed by atoms with Crippen LogP contribution in [-0.4, -0.2) is 91.6 Å². The van der Waals surface area contributed by atoms with Gasteiger partial charge >= 0.3 is 0 Å². The first-order valence-electron chi connectivity index (χ1n) is 14.1. The summed E-state index contributed by atoms with van der Waals surface area (Å²) >= 11 is 0. The van der Waals surface area contributed by atoms with Crippen molar-refractivity contribution in [1.29, 1.82) is 0 Å². The fourth-order valence-electron chi connectivity index (χ4n) is 5.65. The molecule has 0 aromatic heterocycles. The van der Waals surface area contributed by atoms with Gasteiger partial charge in [-0.1, -0.05) is 19.9 Å². The fraction of sp³-hybridized carbons (Fsp3) is 0.643. The van der Waals surface area contributed by atoms with E-state index in [2.05, 4.69) is 10.6 Å². The standard InChI is InChI=1S/C28H39FN4O6S/c1-18(2)23-16-32(27(36)20-9-13-40(38,39)14-10-20)17-25(34)30-11-3-5-19-7-8-22(29)21(15-19)28(37)33-12-4-6-24(33)26(35)31-23/h7-8,15,18,20,23-24H,3-6,9-14,16-17H2,1-2H3,(H,30,34)(H,31,35)/t23-,24-/m0/s1. The highest BCUT2D eigenvalue weighted by Gasteiger charge is 2.38. The molecule has 4 amide bonds. The van der Waals surface area contributed by atoms with Crippen molar-refractivity contribution in [2.45, 2.75) is 64.5 Å². The third-order valence-electron chi connectivity index (χ3n) is 8.14. The Balaban J connectivity index is 1.61. The van der Waals surface area contributed by atoms with E-state index in [1.807, 2.05) is 13.8 Å². The second kappa shape index (κ2) is 12.7. The molecule has 0 radical (unpaired) electrons. The molecule has 2 bridgehead atoms. The molecular formula is C28H39FN4O6S. The molecule has 3 heterocycles. The maximum Gasteiger partial charge on any atom is 0.257 e. The Labute approximate surface area is 234 Å². The van der Waals surface area contributed by atoms with E-state index in [1.54, 1.807) is 6.07 Å². The van der Waals surface area contributed by atoms with E-state index < -0.39 is 39.6 Å². The lowest BCUT2D eigenvalue weighted by atomic mass is 9.98. The van der Waals surface area contributed by atoms with Gasteiger partial charge in [-0.05, 0) is 62.1 Å². The van der Waals surface area contributed by atoms with Crippen LogP contribution in [0.25, 0.3) is 0 Å². The Morgan fingerprint density at radius 2 is 1.80 bits per heavy atom. The number of nitrogens with one attached hydrogen (secondary N) is 2. The number of fused-ring (bicyclic) bond motifs is 3. The Hall–Kier alpha value is -3.02. The molecule has 1 aromatic rings. The minimum absolute atomic E-state index is 0.0645. The number of amides is 4. The number of hydrogen-bond acceptors (Lipinski definition) is 6. The first-order valence-corrected chi connectivity index (χ1v) is 15.9. The second-order valence-corrected chi connectivity index (χ2v) is 13.7. The number of benzene rings is 1. The average molecular weight is 579 g/mol. The Kier molecular flexibility index (Phi) is 9.48. The largest absolute Gasteiger partial charge is 0.355 e. The van der Waals surface area contributed by atoms with E-state index in [0.29, 0.717) is 38.8 Å². The molecule has 2 N–H and O–H groups in total. The van der Waals surface area contributed by atoms with Crippen LogP contribution in [-0.2, 0) is 30.6 Å². The molecule has 0 saturated carbocycles. The number of carbonyl (C=O) groups excluding carboxylic acids is 4. The van der Waals surface area contributed by atoms with Gasteiger partial charge in [-0.25, -0.2) is 12.8 Å². The van der Waals surface area contributed by atoms with Crippen molar-refractivity contribution >= 4 is 33.5 Å². The van der Waals surface area contributed by atoms with Gasteiger partial charge in [0.1, 0.15) is 21.7 Å². The van der Waals surface area contributed by atoms with Gasteiger partial charge in [-0.2, -0.15) is 0 Å². The molecule has 3 aliphatic rings. The lowest BCUT2D eigenvalue weighted by Crippen LogP contribution is -2.55. The van der Waals surface area contributed by atoms with Crippen molar-refractivity contribution in [3.05, 3.63) is 35.1 Å². The van der Waals surface area contributed by atoms with Crippen LogP contribution in [0.5, 0.6) is 0 Å². The zero-order valence-electron chi connectivity index (χ0n) is 23.2. The quantitative estimate of drug-likeness (QED) is 0.544. The van der Waals surface area contributed by atoms with E-state index in [1.165, 1.54) is 21.9 Å². The van der Waals surface area contributed by atoms with E-state index in [4.69, 9.17) is 0 Å². The summed E-state index contributed by atoms with van der Waals surface area (Å²) < 4.78 is 38.6. The highest BCUT2D eigenvalue weighted by Crippen LogP contribution is 2.25. The van der Waals surface area contributed by atoms with Crippen LogP contribution >= 0.6 is 0 Å². The summed E-state index contributed by atoms with van der Waals surface area (Å²) in [6.07, 6.45) is 2.48. The number of hydrogen-bond donors (Lipinski definition) is 2. The van der Waals surface area contributed by atoms with Gasteiger partial charge in [0.25, 0.3) is 5.91 Å². The summed E-state index contributed by atoms with van der Waals surface area (Å²) in [7, 11) is -3.17. The van der Waals surface area contributed by atoms with E-state index in [-0.39, 0.29) is 66.6 Å². The van der Waals surface area contributed by atoms with Crippen molar-refractivity contribution in [3.8, 4) is 0 Å². The lowest BCUT2D eigenvalue weighted by molar-refractivity contribution is -0.140. The van der Waals surface area contributed by atoms with E-state index in [9.17, 15) is 32.0 Å². The highest BCUT2D eigenvalue weighted by molar-refractivity contribution is 7.91. The van der Waals surface area contributed by atoms with Crippen LogP contribution < -0.4 is 10.6 Å². The third kappa shape index (κ3) is 7.18. The second-order valence-electron chi connectivity index (χ2n) is 11.4. The molecule has 2 saturated heterocycles. The first-order chi connectivity index (χ1) is 18.9. The van der Waals surface area contributed by atoms with Crippen LogP contribution in [0.3, 0.4) is 0 Å². The Bertz CT molecular complexity index is 1240. The van der Waals surface area contributed by atoms with Gasteiger partial charge in [-0.3, -0.25) is 19.2 Å². The molecule has 1 aromatic carbocycles. The highest BCUT2D eigenvalue weighted by atomic mass is 32.2. The smallest absolute Gasteiger partial charge is 0.257 e.